The summed E-state index contributed by atoms with van der Waals surface area (Å²) in [6.45, 7) is 2.26. The van der Waals surface area contributed by atoms with E-state index in [1.807, 2.05) is 6.92 Å². The number of nitrogens with one attached hydrogen (secondary N) is 3. The molecule has 17 heavy (non-hydrogen) atoms. The normalized spacial score (nSPS) is 18.7. The summed E-state index contributed by atoms with van der Waals surface area (Å²) in [7, 11) is 1.64. The molecule has 3 nitrogen and oxygen atoms in total. The van der Waals surface area contributed by atoms with Gasteiger partial charge in [-0.2, -0.15) is 25.3 Å². The van der Waals surface area contributed by atoms with Gasteiger partial charge in [0.15, 0.2) is 11.6 Å². The van der Waals surface area contributed by atoms with Gasteiger partial charge in [0.2, 0.25) is 0 Å². The molecule has 0 aromatic rings. The smallest absolute Gasteiger partial charge is 0.183 e. The molecule has 7 heteroatoms. The van der Waals surface area contributed by atoms with Crippen LogP contribution in [-0.4, -0.2) is 49.8 Å². The largest absolute Gasteiger partial charge is 0.315 e. The predicted molar refractivity (Wildman–Crippen MR) is 75.6 cm³/mol. The van der Waals surface area contributed by atoms with E-state index in [0.717, 1.165) is 0 Å². The zero-order chi connectivity index (χ0) is 13.4. The number of likely N-dealkylation sites (N-methyl/N-ethyl adjacent to an activating group) is 2. The zero-order valence-corrected chi connectivity index (χ0v) is 12.2. The summed E-state index contributed by atoms with van der Waals surface area (Å²) in [4.78, 5) is 0. The van der Waals surface area contributed by atoms with Gasteiger partial charge >= 0.3 is 0 Å². The molecule has 0 aliphatic heterocycles. The third kappa shape index (κ3) is 6.81. The average molecular weight is 287 g/mol. The van der Waals surface area contributed by atoms with Crippen LogP contribution in [0.25, 0.3) is 0 Å². The summed E-state index contributed by atoms with van der Waals surface area (Å²) >= 11 is 7.94. The van der Waals surface area contributed by atoms with Crippen molar-refractivity contribution >= 4 is 25.3 Å². The average Bonchev–Trinajstić information content (AvgIpc) is 2.28. The van der Waals surface area contributed by atoms with Crippen molar-refractivity contribution in [3.05, 3.63) is 0 Å². The van der Waals surface area contributed by atoms with Crippen LogP contribution in [0.3, 0.4) is 0 Å². The Morgan fingerprint density at radius 1 is 1.06 bits per heavy atom. The molecule has 0 spiro atoms. The third-order valence-electron chi connectivity index (χ3n) is 2.39. The fourth-order valence-electron chi connectivity index (χ4n) is 1.49. The molecule has 104 valence electrons. The topological polar surface area (TPSA) is 36.1 Å². The van der Waals surface area contributed by atoms with Crippen molar-refractivity contribution in [1.29, 1.82) is 0 Å². The Bertz CT molecular complexity index is 204. The fraction of sp³-hybridized carbons (Fsp3) is 1.00. The van der Waals surface area contributed by atoms with Crippen molar-refractivity contribution in [2.75, 3.05) is 38.2 Å². The first-order valence-corrected chi connectivity index (χ1v) is 6.96. The molecular weight excluding hydrogens is 264 g/mol. The minimum Gasteiger partial charge on any atom is -0.315 e. The van der Waals surface area contributed by atoms with E-state index in [9.17, 15) is 8.78 Å². The Kier molecular flexibility index (Phi) is 8.75. The number of thiol groups is 2. The molecule has 0 heterocycles. The first kappa shape index (κ1) is 17.4. The van der Waals surface area contributed by atoms with Gasteiger partial charge in [0, 0.05) is 25.3 Å². The first-order valence-electron chi connectivity index (χ1n) is 5.69. The van der Waals surface area contributed by atoms with E-state index >= 15 is 0 Å². The van der Waals surface area contributed by atoms with E-state index in [0.29, 0.717) is 12.3 Å². The lowest BCUT2D eigenvalue weighted by molar-refractivity contribution is 0.0651. The van der Waals surface area contributed by atoms with Gasteiger partial charge in [-0.1, -0.05) is 6.92 Å². The Hall–Kier alpha value is 0.440. The van der Waals surface area contributed by atoms with E-state index < -0.39 is 11.6 Å². The van der Waals surface area contributed by atoms with Gasteiger partial charge in [-0.05, 0) is 19.3 Å². The Labute approximate surface area is 113 Å². The SMILES string of the molecule is CCN[C@@](F)(CCS)CN[C@@](F)(CS)CNC. The van der Waals surface area contributed by atoms with Crippen LogP contribution in [-0.2, 0) is 0 Å². The minimum atomic E-state index is -1.71. The van der Waals surface area contributed by atoms with Crippen molar-refractivity contribution < 1.29 is 8.78 Å². The molecule has 0 rings (SSSR count). The van der Waals surface area contributed by atoms with Gasteiger partial charge in [-0.3, -0.25) is 10.6 Å². The highest BCUT2D eigenvalue weighted by Gasteiger charge is 2.33. The van der Waals surface area contributed by atoms with Gasteiger partial charge in [0.1, 0.15) is 0 Å². The second-order valence-corrected chi connectivity index (χ2v) is 4.74. The van der Waals surface area contributed by atoms with Gasteiger partial charge < -0.3 is 5.32 Å². The van der Waals surface area contributed by atoms with E-state index in [1.54, 1.807) is 7.05 Å². The molecule has 0 aliphatic rings. The molecule has 0 aromatic carbocycles. The quantitative estimate of drug-likeness (QED) is 0.307. The fourth-order valence-corrected chi connectivity index (χ4v) is 2.06. The predicted octanol–water partition coefficient (Wildman–Crippen LogP) is 0.986. The molecule has 0 saturated carbocycles. The van der Waals surface area contributed by atoms with Crippen LogP contribution in [0.5, 0.6) is 0 Å². The second kappa shape index (κ2) is 8.53. The highest BCUT2D eigenvalue weighted by molar-refractivity contribution is 7.80. The maximum atomic E-state index is 14.3. The lowest BCUT2D eigenvalue weighted by atomic mass is 10.1. The van der Waals surface area contributed by atoms with E-state index in [1.165, 1.54) is 0 Å². The first-order chi connectivity index (χ1) is 7.95. The van der Waals surface area contributed by atoms with E-state index in [2.05, 4.69) is 41.2 Å². The molecule has 0 aliphatic carbocycles. The number of hydrogen-bond donors (Lipinski definition) is 5. The molecule has 2 atom stereocenters. The molecule has 0 bridgehead atoms. The molecule has 0 saturated heterocycles. The molecule has 0 unspecified atom stereocenters. The molecule has 3 N–H and O–H groups in total. The second-order valence-electron chi connectivity index (χ2n) is 3.98. The third-order valence-corrected chi connectivity index (χ3v) is 3.12. The summed E-state index contributed by atoms with van der Waals surface area (Å²) in [5.41, 5.74) is 0. The number of alkyl halides is 2. The number of rotatable bonds is 10. The van der Waals surface area contributed by atoms with Crippen molar-refractivity contribution in [3.63, 3.8) is 0 Å². The highest BCUT2D eigenvalue weighted by Crippen LogP contribution is 2.15. The summed E-state index contributed by atoms with van der Waals surface area (Å²) in [6.07, 6.45) is 0.221. The number of hydrogen-bond acceptors (Lipinski definition) is 5. The summed E-state index contributed by atoms with van der Waals surface area (Å²) in [5, 5.41) is 8.00. The van der Waals surface area contributed by atoms with Crippen LogP contribution in [0, 0.1) is 0 Å². The van der Waals surface area contributed by atoms with Crippen LogP contribution in [0.2, 0.25) is 0 Å². The maximum absolute atomic E-state index is 14.3. The van der Waals surface area contributed by atoms with Crippen LogP contribution in [0.1, 0.15) is 13.3 Å². The van der Waals surface area contributed by atoms with E-state index in [4.69, 9.17) is 0 Å². The number of halogens is 2. The van der Waals surface area contributed by atoms with Crippen LogP contribution >= 0.6 is 25.3 Å². The van der Waals surface area contributed by atoms with Crippen molar-refractivity contribution in [2.45, 2.75) is 24.9 Å². The monoisotopic (exact) mass is 287 g/mol. The molecule has 0 radical (unpaired) electrons. The van der Waals surface area contributed by atoms with Crippen molar-refractivity contribution in [1.82, 2.24) is 16.0 Å². The van der Waals surface area contributed by atoms with Gasteiger partial charge in [-0.15, -0.1) is 0 Å². The summed E-state index contributed by atoms with van der Waals surface area (Å²) in [5.74, 6) is -2.96. The van der Waals surface area contributed by atoms with E-state index in [-0.39, 0.29) is 25.3 Å². The minimum absolute atomic E-state index is 0.0169. The van der Waals surface area contributed by atoms with Gasteiger partial charge in [-0.25, -0.2) is 8.78 Å². The van der Waals surface area contributed by atoms with Crippen LogP contribution in [0.15, 0.2) is 0 Å². The van der Waals surface area contributed by atoms with Crippen molar-refractivity contribution in [2.24, 2.45) is 0 Å². The molecular formula is C10H23F2N3S2. The molecule has 0 aromatic heterocycles. The Morgan fingerprint density at radius 3 is 2.12 bits per heavy atom. The standard InChI is InChI=1S/C10H23F2N3S2/c1-3-14-9(11,4-5-16)7-15-10(12,8-17)6-13-2/h13-17H,3-8H2,1-2H3/t9-,10+/m0/s1. The Balaban J connectivity index is 4.35. The van der Waals surface area contributed by atoms with Gasteiger partial charge in [0.05, 0.1) is 0 Å². The molecule has 0 amide bonds. The Morgan fingerprint density at radius 2 is 1.71 bits per heavy atom. The van der Waals surface area contributed by atoms with Gasteiger partial charge in [0.25, 0.3) is 0 Å². The zero-order valence-electron chi connectivity index (χ0n) is 10.4. The molecule has 0 fully saturated rings. The van der Waals surface area contributed by atoms with Crippen molar-refractivity contribution in [3.8, 4) is 0 Å². The van der Waals surface area contributed by atoms with Crippen LogP contribution in [0.4, 0.5) is 8.78 Å². The highest BCUT2D eigenvalue weighted by atomic mass is 32.1. The lowest BCUT2D eigenvalue weighted by Crippen LogP contribution is -2.58. The lowest BCUT2D eigenvalue weighted by Gasteiger charge is -2.31. The van der Waals surface area contributed by atoms with Crippen LogP contribution < -0.4 is 16.0 Å². The maximum Gasteiger partial charge on any atom is 0.183 e. The summed E-state index contributed by atoms with van der Waals surface area (Å²) in [6, 6.07) is 0. The summed E-state index contributed by atoms with van der Waals surface area (Å²) < 4.78 is 28.3.